The van der Waals surface area contributed by atoms with E-state index in [0.717, 1.165) is 40.1 Å². The summed E-state index contributed by atoms with van der Waals surface area (Å²) in [7, 11) is 0. The second-order valence-electron chi connectivity index (χ2n) is 9.36. The fourth-order valence-electron chi connectivity index (χ4n) is 4.62. The SMILES string of the molecule is Cc1ccc(-c2c(C(=O)NCCc3ccccc3)c(C)n(CC[C@@H](O)C[C@@H](O)CC(=O)O)c2C)cc1. The first kappa shape index (κ1) is 27.2. The maximum atomic E-state index is 13.4. The largest absolute Gasteiger partial charge is 0.481 e. The van der Waals surface area contributed by atoms with Crippen LogP contribution in [0.5, 0.6) is 0 Å². The molecular formula is C29H36N2O5. The molecule has 4 N–H and O–H groups in total. The van der Waals surface area contributed by atoms with Gasteiger partial charge in [-0.15, -0.1) is 0 Å². The number of aliphatic hydroxyl groups is 2. The van der Waals surface area contributed by atoms with E-state index < -0.39 is 24.6 Å². The van der Waals surface area contributed by atoms with Gasteiger partial charge in [-0.3, -0.25) is 9.59 Å². The molecule has 0 aliphatic carbocycles. The lowest BCUT2D eigenvalue weighted by molar-refractivity contribution is -0.139. The lowest BCUT2D eigenvalue weighted by Crippen LogP contribution is -2.26. The van der Waals surface area contributed by atoms with Gasteiger partial charge in [-0.2, -0.15) is 0 Å². The van der Waals surface area contributed by atoms with Gasteiger partial charge < -0.3 is 25.2 Å². The van der Waals surface area contributed by atoms with Crippen molar-refractivity contribution in [3.8, 4) is 11.1 Å². The Morgan fingerprint density at radius 2 is 1.58 bits per heavy atom. The number of rotatable bonds is 12. The van der Waals surface area contributed by atoms with Crippen LogP contribution in [0.4, 0.5) is 0 Å². The molecule has 0 aliphatic rings. The molecule has 1 aromatic heterocycles. The van der Waals surface area contributed by atoms with Crippen molar-refractivity contribution in [2.24, 2.45) is 0 Å². The first-order valence-electron chi connectivity index (χ1n) is 12.3. The van der Waals surface area contributed by atoms with E-state index in [1.165, 1.54) is 0 Å². The predicted molar refractivity (Wildman–Crippen MR) is 140 cm³/mol. The third kappa shape index (κ3) is 7.06. The molecule has 0 saturated heterocycles. The average Bonchev–Trinajstić information content (AvgIpc) is 3.07. The van der Waals surface area contributed by atoms with Crippen LogP contribution < -0.4 is 5.32 Å². The highest BCUT2D eigenvalue weighted by molar-refractivity contribution is 6.03. The van der Waals surface area contributed by atoms with Crippen LogP contribution in [0.3, 0.4) is 0 Å². The molecule has 192 valence electrons. The molecule has 0 fully saturated rings. The molecule has 3 aromatic rings. The zero-order valence-corrected chi connectivity index (χ0v) is 21.2. The Labute approximate surface area is 212 Å². The summed E-state index contributed by atoms with van der Waals surface area (Å²) in [5.74, 6) is -1.24. The normalized spacial score (nSPS) is 12.8. The van der Waals surface area contributed by atoms with Crippen LogP contribution >= 0.6 is 0 Å². The Morgan fingerprint density at radius 3 is 2.22 bits per heavy atom. The van der Waals surface area contributed by atoms with Gasteiger partial charge in [0.25, 0.3) is 5.91 Å². The number of amides is 1. The number of carboxylic acids is 1. The van der Waals surface area contributed by atoms with Gasteiger partial charge in [0.1, 0.15) is 0 Å². The van der Waals surface area contributed by atoms with Crippen molar-refractivity contribution in [3.05, 3.63) is 82.7 Å². The summed E-state index contributed by atoms with van der Waals surface area (Å²) in [6, 6.07) is 18.1. The number of carboxylic acid groups (broad SMARTS) is 1. The monoisotopic (exact) mass is 492 g/mol. The summed E-state index contributed by atoms with van der Waals surface area (Å²) in [4.78, 5) is 24.2. The Hall–Kier alpha value is -3.42. The molecule has 0 radical (unpaired) electrons. The van der Waals surface area contributed by atoms with Crippen LogP contribution in [0.15, 0.2) is 54.6 Å². The first-order chi connectivity index (χ1) is 17.2. The number of aryl methyl sites for hydroxylation is 1. The number of benzene rings is 2. The third-order valence-corrected chi connectivity index (χ3v) is 6.53. The van der Waals surface area contributed by atoms with Crippen molar-refractivity contribution in [2.75, 3.05) is 6.54 Å². The van der Waals surface area contributed by atoms with E-state index in [1.54, 1.807) is 0 Å². The zero-order chi connectivity index (χ0) is 26.2. The Bertz CT molecular complexity index is 1170. The number of carbonyl (C=O) groups is 2. The quantitative estimate of drug-likeness (QED) is 0.305. The number of hydrogen-bond donors (Lipinski definition) is 4. The summed E-state index contributed by atoms with van der Waals surface area (Å²) >= 11 is 0. The summed E-state index contributed by atoms with van der Waals surface area (Å²) in [5, 5.41) is 32.1. The second kappa shape index (κ2) is 12.5. The molecule has 1 amide bonds. The van der Waals surface area contributed by atoms with E-state index in [9.17, 15) is 19.8 Å². The minimum Gasteiger partial charge on any atom is -0.481 e. The molecule has 3 rings (SSSR count). The summed E-state index contributed by atoms with van der Waals surface area (Å²) in [6.45, 7) is 6.84. The van der Waals surface area contributed by atoms with Crippen molar-refractivity contribution >= 4 is 11.9 Å². The molecule has 0 saturated carbocycles. The minimum atomic E-state index is -1.10. The third-order valence-electron chi connectivity index (χ3n) is 6.53. The Kier molecular flexibility index (Phi) is 9.44. The van der Waals surface area contributed by atoms with Crippen LogP contribution in [0.25, 0.3) is 11.1 Å². The topological polar surface area (TPSA) is 112 Å². The lowest BCUT2D eigenvalue weighted by Gasteiger charge is -2.16. The molecule has 1 heterocycles. The van der Waals surface area contributed by atoms with E-state index in [2.05, 4.69) is 5.32 Å². The number of nitrogens with one attached hydrogen (secondary N) is 1. The van der Waals surface area contributed by atoms with Gasteiger partial charge in [0, 0.05) is 30.0 Å². The van der Waals surface area contributed by atoms with Crippen molar-refractivity contribution in [3.63, 3.8) is 0 Å². The lowest BCUT2D eigenvalue weighted by atomic mass is 9.99. The summed E-state index contributed by atoms with van der Waals surface area (Å²) in [5.41, 5.74) is 6.44. The van der Waals surface area contributed by atoms with E-state index >= 15 is 0 Å². The molecular weight excluding hydrogens is 456 g/mol. The van der Waals surface area contributed by atoms with Crippen molar-refractivity contribution in [1.82, 2.24) is 9.88 Å². The van der Waals surface area contributed by atoms with Crippen LogP contribution in [0.1, 0.15) is 52.1 Å². The number of aromatic nitrogens is 1. The zero-order valence-electron chi connectivity index (χ0n) is 21.2. The van der Waals surface area contributed by atoms with Gasteiger partial charge in [-0.25, -0.2) is 0 Å². The van der Waals surface area contributed by atoms with Crippen LogP contribution in [0.2, 0.25) is 0 Å². The van der Waals surface area contributed by atoms with Gasteiger partial charge in [0.2, 0.25) is 0 Å². The predicted octanol–water partition coefficient (Wildman–Crippen LogP) is 4.03. The van der Waals surface area contributed by atoms with E-state index in [1.807, 2.05) is 79.9 Å². The van der Waals surface area contributed by atoms with Gasteiger partial charge in [-0.05, 0) is 51.2 Å². The summed E-state index contributed by atoms with van der Waals surface area (Å²) < 4.78 is 2.02. The highest BCUT2D eigenvalue weighted by atomic mass is 16.4. The summed E-state index contributed by atoms with van der Waals surface area (Å²) in [6.07, 6.45) is -1.30. The molecule has 0 spiro atoms. The van der Waals surface area contributed by atoms with Crippen molar-refractivity contribution < 1.29 is 24.9 Å². The average molecular weight is 493 g/mol. The molecule has 0 aliphatic heterocycles. The first-order valence-corrected chi connectivity index (χ1v) is 12.3. The van der Waals surface area contributed by atoms with Gasteiger partial charge in [0.05, 0.1) is 24.2 Å². The van der Waals surface area contributed by atoms with Crippen molar-refractivity contribution in [1.29, 1.82) is 0 Å². The van der Waals surface area contributed by atoms with E-state index in [4.69, 9.17) is 5.11 Å². The number of aliphatic carboxylic acids is 1. The number of nitrogens with zero attached hydrogens (tertiary/aromatic N) is 1. The smallest absolute Gasteiger partial charge is 0.305 e. The Balaban J connectivity index is 1.82. The van der Waals surface area contributed by atoms with Gasteiger partial charge in [0.15, 0.2) is 0 Å². The molecule has 0 unspecified atom stereocenters. The Morgan fingerprint density at radius 1 is 0.917 bits per heavy atom. The van der Waals surface area contributed by atoms with E-state index in [-0.39, 0.29) is 12.3 Å². The molecule has 7 nitrogen and oxygen atoms in total. The molecule has 7 heteroatoms. The molecule has 2 aromatic carbocycles. The fraction of sp³-hybridized carbons (Fsp3) is 0.379. The maximum absolute atomic E-state index is 13.4. The number of carbonyl (C=O) groups excluding carboxylic acids is 1. The van der Waals surface area contributed by atoms with Crippen LogP contribution in [-0.2, 0) is 17.8 Å². The number of aliphatic hydroxyl groups excluding tert-OH is 2. The molecule has 2 atom stereocenters. The van der Waals surface area contributed by atoms with Crippen LogP contribution in [0, 0.1) is 20.8 Å². The molecule has 36 heavy (non-hydrogen) atoms. The van der Waals surface area contributed by atoms with Crippen molar-refractivity contribution in [2.45, 2.75) is 65.2 Å². The van der Waals surface area contributed by atoms with E-state index in [0.29, 0.717) is 25.1 Å². The van der Waals surface area contributed by atoms with Gasteiger partial charge in [-0.1, -0.05) is 60.2 Å². The standard InChI is InChI=1S/C29H36N2O5/c1-19-9-11-23(12-10-19)27-20(2)31(16-14-24(32)17-25(33)18-26(34)35)21(3)28(27)29(36)30-15-13-22-7-5-4-6-8-22/h4-12,24-25,32-33H,13-18H2,1-3H3,(H,30,36)(H,34,35)/t24-,25-/m1/s1. The molecule has 0 bridgehead atoms. The highest BCUT2D eigenvalue weighted by Gasteiger charge is 2.25. The van der Waals surface area contributed by atoms with Gasteiger partial charge >= 0.3 is 5.97 Å². The second-order valence-corrected chi connectivity index (χ2v) is 9.36. The minimum absolute atomic E-state index is 0.0106. The highest BCUT2D eigenvalue weighted by Crippen LogP contribution is 2.33. The van der Waals surface area contributed by atoms with Crippen LogP contribution in [-0.4, -0.2) is 50.5 Å². The fourth-order valence-corrected chi connectivity index (χ4v) is 4.62. The number of hydrogen-bond acceptors (Lipinski definition) is 4. The maximum Gasteiger partial charge on any atom is 0.305 e.